The summed E-state index contributed by atoms with van der Waals surface area (Å²) in [5.41, 5.74) is 0. The van der Waals surface area contributed by atoms with Gasteiger partial charge in [-0.3, -0.25) is 4.18 Å². The minimum absolute atomic E-state index is 0.0787. The molecule has 0 spiro atoms. The van der Waals surface area contributed by atoms with Gasteiger partial charge >= 0.3 is 0 Å². The van der Waals surface area contributed by atoms with E-state index in [0.29, 0.717) is 12.2 Å². The van der Waals surface area contributed by atoms with Crippen molar-refractivity contribution in [1.29, 1.82) is 0 Å². The topological polar surface area (TPSA) is 66.4 Å². The number of unbranched alkanes of at least 4 members (excludes halogenated alkanes) is 7. The van der Waals surface area contributed by atoms with Crippen LogP contribution in [0.25, 0.3) is 0 Å². The molecular formula is C14H30O4S2. The molecular weight excluding hydrogens is 296 g/mol. The zero-order valence-electron chi connectivity index (χ0n) is 13.1. The Kier molecular flexibility index (Phi) is 12.0. The van der Waals surface area contributed by atoms with E-state index in [1.807, 2.05) is 12.5 Å². The average Bonchev–Trinajstić information content (AvgIpc) is 2.29. The van der Waals surface area contributed by atoms with Gasteiger partial charge in [0.15, 0.2) is 0 Å². The van der Waals surface area contributed by atoms with E-state index >= 15 is 0 Å². The second-order valence-corrected chi connectivity index (χ2v) is 8.86. The van der Waals surface area contributed by atoms with Crippen molar-refractivity contribution in [2.45, 2.75) is 70.8 Å². The van der Waals surface area contributed by atoms with Crippen molar-refractivity contribution in [1.82, 2.24) is 0 Å². The predicted octanol–water partition coefficient (Wildman–Crippen LogP) is 3.24. The first-order valence-corrected chi connectivity index (χ1v) is 11.1. The van der Waals surface area contributed by atoms with Crippen molar-refractivity contribution in [3.8, 4) is 0 Å². The summed E-state index contributed by atoms with van der Waals surface area (Å²) in [6.07, 6.45) is 13.9. The van der Waals surface area contributed by atoms with E-state index in [2.05, 4.69) is 11.1 Å². The standard InChI is InChI=1S/C14H30O4S2/c1-4-5-6-7-8-9-10-11-12-14(13-19(2)3)18-20(15,16)17/h14H,4-13H2,1-3H3. The smallest absolute Gasteiger partial charge is 0.218 e. The molecule has 0 aliphatic heterocycles. The fraction of sp³-hybridized carbons (Fsp3) is 1.00. The molecule has 0 aromatic carbocycles. The zero-order valence-corrected chi connectivity index (χ0v) is 14.7. The van der Waals surface area contributed by atoms with Gasteiger partial charge in [-0.25, -0.2) is 8.42 Å². The van der Waals surface area contributed by atoms with Crippen LogP contribution in [0, 0.1) is 0 Å². The lowest BCUT2D eigenvalue weighted by Crippen LogP contribution is -2.26. The minimum Gasteiger partial charge on any atom is -0.726 e. The maximum absolute atomic E-state index is 10.7. The summed E-state index contributed by atoms with van der Waals surface area (Å²) < 4.78 is 36.7. The monoisotopic (exact) mass is 326 g/mol. The van der Waals surface area contributed by atoms with Crippen molar-refractivity contribution < 1.29 is 17.2 Å². The molecule has 20 heavy (non-hydrogen) atoms. The SMILES string of the molecule is CCCCCCCCCCC(C[S+](C)C)OS(=O)(=O)[O-]. The van der Waals surface area contributed by atoms with E-state index in [9.17, 15) is 13.0 Å². The zero-order chi connectivity index (χ0) is 15.4. The average molecular weight is 327 g/mol. The number of rotatable bonds is 13. The predicted molar refractivity (Wildman–Crippen MR) is 85.9 cm³/mol. The molecule has 0 rings (SSSR count). The molecule has 0 saturated heterocycles. The lowest BCUT2D eigenvalue weighted by Gasteiger charge is -2.17. The van der Waals surface area contributed by atoms with Gasteiger partial charge in [0.25, 0.3) is 0 Å². The van der Waals surface area contributed by atoms with Crippen LogP contribution in [0.3, 0.4) is 0 Å². The fourth-order valence-corrected chi connectivity index (χ4v) is 3.77. The van der Waals surface area contributed by atoms with Gasteiger partial charge in [0.1, 0.15) is 11.9 Å². The van der Waals surface area contributed by atoms with Crippen molar-refractivity contribution >= 4 is 21.3 Å². The van der Waals surface area contributed by atoms with E-state index in [0.717, 1.165) is 12.8 Å². The molecule has 1 unspecified atom stereocenters. The maximum Gasteiger partial charge on any atom is 0.218 e. The first kappa shape index (κ1) is 20.2. The van der Waals surface area contributed by atoms with Gasteiger partial charge in [0.05, 0.1) is 12.5 Å². The van der Waals surface area contributed by atoms with Gasteiger partial charge < -0.3 is 4.55 Å². The van der Waals surface area contributed by atoms with E-state index in [-0.39, 0.29) is 10.9 Å². The van der Waals surface area contributed by atoms with Crippen LogP contribution in [-0.2, 0) is 25.5 Å². The Morgan fingerprint density at radius 3 is 1.95 bits per heavy atom. The summed E-state index contributed by atoms with van der Waals surface area (Å²) in [6.45, 7) is 2.21. The van der Waals surface area contributed by atoms with E-state index in [1.165, 1.54) is 38.5 Å². The Bertz CT molecular complexity index is 315. The summed E-state index contributed by atoms with van der Waals surface area (Å²) in [7, 11) is -4.49. The largest absolute Gasteiger partial charge is 0.726 e. The molecule has 0 aliphatic carbocycles. The van der Waals surface area contributed by atoms with Crippen molar-refractivity contribution in [2.75, 3.05) is 18.3 Å². The van der Waals surface area contributed by atoms with E-state index in [4.69, 9.17) is 0 Å². The van der Waals surface area contributed by atoms with Gasteiger partial charge in [-0.2, -0.15) is 0 Å². The van der Waals surface area contributed by atoms with Gasteiger partial charge in [0.2, 0.25) is 10.4 Å². The van der Waals surface area contributed by atoms with Crippen LogP contribution in [0.4, 0.5) is 0 Å². The number of hydrogen-bond acceptors (Lipinski definition) is 4. The third-order valence-corrected chi connectivity index (χ3v) is 4.70. The van der Waals surface area contributed by atoms with Gasteiger partial charge in [0, 0.05) is 0 Å². The van der Waals surface area contributed by atoms with Gasteiger partial charge in [-0.05, 0) is 17.3 Å². The van der Waals surface area contributed by atoms with E-state index in [1.54, 1.807) is 0 Å². The van der Waals surface area contributed by atoms with Crippen molar-refractivity contribution in [2.24, 2.45) is 0 Å². The first-order valence-electron chi connectivity index (χ1n) is 7.53. The van der Waals surface area contributed by atoms with Crippen LogP contribution < -0.4 is 0 Å². The molecule has 0 aromatic rings. The quantitative estimate of drug-likeness (QED) is 0.225. The fourth-order valence-electron chi connectivity index (χ4n) is 2.20. The summed E-state index contributed by atoms with van der Waals surface area (Å²) in [5, 5.41) is 0. The van der Waals surface area contributed by atoms with Crippen molar-refractivity contribution in [3.63, 3.8) is 0 Å². The summed E-state index contributed by atoms with van der Waals surface area (Å²) in [4.78, 5) is 0. The third kappa shape index (κ3) is 14.6. The van der Waals surface area contributed by atoms with Crippen LogP contribution in [0.5, 0.6) is 0 Å². The van der Waals surface area contributed by atoms with Crippen molar-refractivity contribution in [3.05, 3.63) is 0 Å². The van der Waals surface area contributed by atoms with Crippen LogP contribution in [-0.4, -0.2) is 37.3 Å². The molecule has 1 atom stereocenters. The Hall–Kier alpha value is 0.220. The highest BCUT2D eigenvalue weighted by molar-refractivity contribution is 7.95. The minimum atomic E-state index is -4.57. The first-order chi connectivity index (χ1) is 9.35. The third-order valence-electron chi connectivity index (χ3n) is 3.15. The van der Waals surface area contributed by atoms with Crippen LogP contribution in [0.2, 0.25) is 0 Å². The molecule has 0 saturated carbocycles. The molecule has 6 heteroatoms. The lowest BCUT2D eigenvalue weighted by atomic mass is 10.1. The highest BCUT2D eigenvalue weighted by atomic mass is 32.3. The molecule has 0 aliphatic rings. The number of hydrogen-bond donors (Lipinski definition) is 0. The highest BCUT2D eigenvalue weighted by Gasteiger charge is 2.19. The Morgan fingerprint density at radius 2 is 1.50 bits per heavy atom. The molecule has 0 fully saturated rings. The Morgan fingerprint density at radius 1 is 1.00 bits per heavy atom. The normalized spacial score (nSPS) is 13.8. The summed E-state index contributed by atoms with van der Waals surface area (Å²) in [5.74, 6) is 0.651. The van der Waals surface area contributed by atoms with Crippen LogP contribution in [0.1, 0.15) is 64.7 Å². The second-order valence-electron chi connectivity index (χ2n) is 5.54. The molecule has 0 N–H and O–H groups in total. The summed E-state index contributed by atoms with van der Waals surface area (Å²) >= 11 is 0. The Balaban J connectivity index is 3.74. The van der Waals surface area contributed by atoms with Gasteiger partial charge in [-0.1, -0.05) is 58.3 Å². The molecule has 0 bridgehead atoms. The lowest BCUT2D eigenvalue weighted by molar-refractivity contribution is 0.185. The summed E-state index contributed by atoms with van der Waals surface area (Å²) in [6, 6.07) is 0. The Labute approximate surface area is 128 Å². The second kappa shape index (κ2) is 11.8. The highest BCUT2D eigenvalue weighted by Crippen LogP contribution is 2.14. The van der Waals surface area contributed by atoms with Crippen LogP contribution in [0.15, 0.2) is 0 Å². The van der Waals surface area contributed by atoms with E-state index < -0.39 is 16.5 Å². The maximum atomic E-state index is 10.7. The van der Waals surface area contributed by atoms with Crippen LogP contribution >= 0.6 is 0 Å². The molecule has 0 amide bonds. The molecule has 4 nitrogen and oxygen atoms in total. The van der Waals surface area contributed by atoms with Gasteiger partial charge in [-0.15, -0.1) is 0 Å². The molecule has 0 heterocycles. The molecule has 0 radical (unpaired) electrons. The molecule has 122 valence electrons. The molecule has 0 aromatic heterocycles.